The number of rotatable bonds is 4. The molecule has 2 N–H and O–H groups in total. The molecule has 1 unspecified atom stereocenters. The second-order valence-electron chi connectivity index (χ2n) is 5.45. The molecule has 1 aliphatic rings. The first-order valence-corrected chi connectivity index (χ1v) is 7.27. The van der Waals surface area contributed by atoms with Crippen LogP contribution in [0.3, 0.4) is 0 Å². The average molecular weight is 295 g/mol. The summed E-state index contributed by atoms with van der Waals surface area (Å²) >= 11 is 0. The highest BCUT2D eigenvalue weighted by Crippen LogP contribution is 2.26. The summed E-state index contributed by atoms with van der Waals surface area (Å²) in [5.41, 5.74) is 8.04. The van der Waals surface area contributed by atoms with Crippen molar-refractivity contribution >= 4 is 23.4 Å². The van der Waals surface area contributed by atoms with Crippen molar-refractivity contribution in [2.24, 2.45) is 5.73 Å². The van der Waals surface area contributed by atoms with Gasteiger partial charge in [0.15, 0.2) is 0 Å². The molecule has 1 fully saturated rings. The first-order valence-electron chi connectivity index (χ1n) is 7.27. The van der Waals surface area contributed by atoms with Gasteiger partial charge in [-0.3, -0.25) is 4.90 Å². The Morgan fingerprint density at radius 3 is 2.95 bits per heavy atom. The van der Waals surface area contributed by atoms with Crippen molar-refractivity contribution in [2.45, 2.75) is 38.3 Å². The van der Waals surface area contributed by atoms with Gasteiger partial charge in [-0.05, 0) is 38.4 Å². The fourth-order valence-electron chi connectivity index (χ4n) is 3.16. The quantitative estimate of drug-likeness (QED) is 0.937. The smallest absolute Gasteiger partial charge is 0.134 e. The maximum Gasteiger partial charge on any atom is 0.134 e. The van der Waals surface area contributed by atoms with Crippen molar-refractivity contribution in [3.8, 4) is 0 Å². The lowest BCUT2D eigenvalue weighted by Crippen LogP contribution is -2.40. The van der Waals surface area contributed by atoms with Gasteiger partial charge in [0.25, 0.3) is 0 Å². The van der Waals surface area contributed by atoms with Gasteiger partial charge in [0.2, 0.25) is 0 Å². The maximum absolute atomic E-state index is 5.74. The van der Waals surface area contributed by atoms with E-state index in [9.17, 15) is 0 Å². The number of piperidine rings is 1. The predicted molar refractivity (Wildman–Crippen MR) is 85.2 cm³/mol. The molecule has 1 saturated heterocycles. The fourth-order valence-corrected chi connectivity index (χ4v) is 3.16. The number of nitrogens with two attached hydrogens (primary N) is 1. The molecule has 1 atom stereocenters. The van der Waals surface area contributed by atoms with E-state index in [0.29, 0.717) is 6.04 Å². The van der Waals surface area contributed by atoms with E-state index >= 15 is 0 Å². The van der Waals surface area contributed by atoms with Gasteiger partial charge in [0.1, 0.15) is 5.58 Å². The van der Waals surface area contributed by atoms with Crippen molar-refractivity contribution in [3.05, 3.63) is 36.1 Å². The van der Waals surface area contributed by atoms with Crippen LogP contribution in [0.25, 0.3) is 11.0 Å². The number of hydrogen-bond acceptors (Lipinski definition) is 3. The largest absolute Gasteiger partial charge is 0.464 e. The van der Waals surface area contributed by atoms with Gasteiger partial charge in [-0.15, -0.1) is 12.4 Å². The first kappa shape index (κ1) is 15.4. The van der Waals surface area contributed by atoms with Gasteiger partial charge in [0.05, 0.1) is 6.26 Å². The number of hydrogen-bond donors (Lipinski definition) is 1. The zero-order chi connectivity index (χ0) is 13.1. The molecule has 0 saturated carbocycles. The standard InChI is InChI=1S/C16H22N2O.ClH/c17-9-8-14-5-3-4-10-18(14)11-13-12-19-16-7-2-1-6-15(13)16;/h1-2,6-7,12,14H,3-5,8-11,17H2;1H. The third-order valence-corrected chi connectivity index (χ3v) is 4.18. The molecular weight excluding hydrogens is 272 g/mol. The van der Waals surface area contributed by atoms with Gasteiger partial charge >= 0.3 is 0 Å². The summed E-state index contributed by atoms with van der Waals surface area (Å²) in [6, 6.07) is 8.93. The van der Waals surface area contributed by atoms with Crippen LogP contribution in [0, 0.1) is 0 Å². The Kier molecular flexibility index (Phi) is 5.46. The van der Waals surface area contributed by atoms with E-state index in [0.717, 1.165) is 25.1 Å². The Bertz CT molecular complexity index is 538. The monoisotopic (exact) mass is 294 g/mol. The maximum atomic E-state index is 5.74. The number of halogens is 1. The van der Waals surface area contributed by atoms with Crippen LogP contribution in [-0.4, -0.2) is 24.0 Å². The van der Waals surface area contributed by atoms with Crippen LogP contribution in [0.2, 0.25) is 0 Å². The number of benzene rings is 1. The Hall–Kier alpha value is -1.03. The highest BCUT2D eigenvalue weighted by Gasteiger charge is 2.22. The van der Waals surface area contributed by atoms with E-state index < -0.39 is 0 Å². The van der Waals surface area contributed by atoms with E-state index in [2.05, 4.69) is 17.0 Å². The van der Waals surface area contributed by atoms with E-state index in [4.69, 9.17) is 10.2 Å². The Morgan fingerprint density at radius 2 is 2.10 bits per heavy atom. The summed E-state index contributed by atoms with van der Waals surface area (Å²) in [4.78, 5) is 2.58. The Morgan fingerprint density at radius 1 is 1.25 bits per heavy atom. The molecule has 0 spiro atoms. The third kappa shape index (κ3) is 3.17. The van der Waals surface area contributed by atoms with E-state index in [1.165, 1.54) is 36.8 Å². The minimum atomic E-state index is 0. The van der Waals surface area contributed by atoms with Gasteiger partial charge in [-0.25, -0.2) is 0 Å². The lowest BCUT2D eigenvalue weighted by atomic mass is 9.98. The van der Waals surface area contributed by atoms with E-state index in [-0.39, 0.29) is 12.4 Å². The summed E-state index contributed by atoms with van der Waals surface area (Å²) in [6.07, 6.45) is 6.95. The van der Waals surface area contributed by atoms with Crippen molar-refractivity contribution in [3.63, 3.8) is 0 Å². The zero-order valence-electron chi connectivity index (χ0n) is 11.8. The van der Waals surface area contributed by atoms with Crippen LogP contribution >= 0.6 is 12.4 Å². The van der Waals surface area contributed by atoms with E-state index in [1.807, 2.05) is 18.4 Å². The van der Waals surface area contributed by atoms with Crippen LogP contribution in [0.5, 0.6) is 0 Å². The van der Waals surface area contributed by atoms with Crippen molar-refractivity contribution in [1.29, 1.82) is 0 Å². The van der Waals surface area contributed by atoms with Crippen LogP contribution in [0.15, 0.2) is 34.9 Å². The summed E-state index contributed by atoms with van der Waals surface area (Å²) < 4.78 is 5.63. The molecule has 0 bridgehead atoms. The third-order valence-electron chi connectivity index (χ3n) is 4.18. The van der Waals surface area contributed by atoms with Gasteiger partial charge in [-0.2, -0.15) is 0 Å². The number of furan rings is 1. The predicted octanol–water partition coefficient (Wildman–Crippen LogP) is 3.56. The number of fused-ring (bicyclic) bond motifs is 1. The molecule has 4 heteroatoms. The molecule has 20 heavy (non-hydrogen) atoms. The molecule has 1 aromatic heterocycles. The van der Waals surface area contributed by atoms with Crippen LogP contribution in [0.4, 0.5) is 0 Å². The SMILES string of the molecule is Cl.NCCC1CCCCN1Cc1coc2ccccc12. The summed E-state index contributed by atoms with van der Waals surface area (Å²) in [6.45, 7) is 2.96. The zero-order valence-corrected chi connectivity index (χ0v) is 12.6. The molecule has 1 aromatic carbocycles. The minimum Gasteiger partial charge on any atom is -0.464 e. The van der Waals surface area contributed by atoms with E-state index in [1.54, 1.807) is 0 Å². The Balaban J connectivity index is 0.00000147. The van der Waals surface area contributed by atoms with Gasteiger partial charge < -0.3 is 10.2 Å². The molecule has 1 aliphatic heterocycles. The lowest BCUT2D eigenvalue weighted by Gasteiger charge is -2.35. The fraction of sp³-hybridized carbons (Fsp3) is 0.500. The molecule has 0 amide bonds. The topological polar surface area (TPSA) is 42.4 Å². The molecular formula is C16H23ClN2O. The van der Waals surface area contributed by atoms with Crippen LogP contribution in [0.1, 0.15) is 31.2 Å². The average Bonchev–Trinajstić information content (AvgIpc) is 2.85. The number of likely N-dealkylation sites (tertiary alicyclic amines) is 1. The lowest BCUT2D eigenvalue weighted by molar-refractivity contribution is 0.134. The summed E-state index contributed by atoms with van der Waals surface area (Å²) in [7, 11) is 0. The molecule has 110 valence electrons. The second-order valence-corrected chi connectivity index (χ2v) is 5.45. The molecule has 2 heterocycles. The summed E-state index contributed by atoms with van der Waals surface area (Å²) in [5.74, 6) is 0. The normalized spacial score (nSPS) is 19.9. The Labute approximate surface area is 126 Å². The minimum absolute atomic E-state index is 0. The van der Waals surface area contributed by atoms with Crippen molar-refractivity contribution in [2.75, 3.05) is 13.1 Å². The molecule has 0 aliphatic carbocycles. The van der Waals surface area contributed by atoms with Crippen LogP contribution in [-0.2, 0) is 6.54 Å². The van der Waals surface area contributed by atoms with Crippen molar-refractivity contribution in [1.82, 2.24) is 4.90 Å². The molecule has 2 aromatic rings. The number of para-hydroxylation sites is 1. The highest BCUT2D eigenvalue weighted by molar-refractivity contribution is 5.85. The first-order chi connectivity index (χ1) is 9.38. The van der Waals surface area contributed by atoms with Gasteiger partial charge in [0, 0.05) is 23.5 Å². The number of nitrogens with zero attached hydrogens (tertiary/aromatic N) is 1. The summed E-state index contributed by atoms with van der Waals surface area (Å²) in [5, 5.41) is 1.25. The second kappa shape index (κ2) is 7.11. The molecule has 3 rings (SSSR count). The van der Waals surface area contributed by atoms with Crippen LogP contribution < -0.4 is 5.73 Å². The molecule has 0 radical (unpaired) electrons. The highest BCUT2D eigenvalue weighted by atomic mass is 35.5. The van der Waals surface area contributed by atoms with Crippen molar-refractivity contribution < 1.29 is 4.42 Å². The molecule has 3 nitrogen and oxygen atoms in total. The van der Waals surface area contributed by atoms with Gasteiger partial charge in [-0.1, -0.05) is 24.6 Å².